The van der Waals surface area contributed by atoms with Crippen LogP contribution in [0.25, 0.3) is 0 Å². The minimum atomic E-state index is -0.00995. The molecule has 0 aliphatic carbocycles. The number of hydrogen-bond donors (Lipinski definition) is 0. The van der Waals surface area contributed by atoms with Crippen LogP contribution < -0.4 is 0 Å². The molecule has 1 atom stereocenters. The second-order valence-corrected chi connectivity index (χ2v) is 11.8. The number of piperidine rings is 1. The van der Waals surface area contributed by atoms with Crippen molar-refractivity contribution in [1.29, 1.82) is 0 Å². The van der Waals surface area contributed by atoms with Gasteiger partial charge in [0.05, 0.1) is 12.7 Å². The summed E-state index contributed by atoms with van der Waals surface area (Å²) in [6.07, 6.45) is 2.62. The summed E-state index contributed by atoms with van der Waals surface area (Å²) in [5.41, 5.74) is 4.84. The molecule has 0 aromatic heterocycles. The number of ether oxygens (including phenoxy) is 2. The zero-order valence-corrected chi connectivity index (χ0v) is 26.1. The predicted molar refractivity (Wildman–Crippen MR) is 173 cm³/mol. The summed E-state index contributed by atoms with van der Waals surface area (Å²) in [7, 11) is 6.29. The number of likely N-dealkylation sites (N-methyl/N-ethyl adjacent to an activating group) is 1. The van der Waals surface area contributed by atoms with E-state index in [0.29, 0.717) is 12.7 Å². The molecule has 1 saturated heterocycles. The van der Waals surface area contributed by atoms with Crippen molar-refractivity contribution in [3.05, 3.63) is 142 Å². The Kier molecular flexibility index (Phi) is 12.6. The summed E-state index contributed by atoms with van der Waals surface area (Å²) in [6.45, 7) is 3.88. The average Bonchev–Trinajstić information content (AvgIpc) is 3.01. The van der Waals surface area contributed by atoms with Gasteiger partial charge in [-0.3, -0.25) is 0 Å². The highest BCUT2D eigenvalue weighted by Crippen LogP contribution is 2.30. The fourth-order valence-corrected chi connectivity index (χ4v) is 5.19. The van der Waals surface area contributed by atoms with Gasteiger partial charge in [0, 0.05) is 24.1 Å². The summed E-state index contributed by atoms with van der Waals surface area (Å²) >= 11 is 3.48. The highest BCUT2D eigenvalue weighted by Gasteiger charge is 2.23. The monoisotopic (exact) mass is 614 g/mol. The van der Waals surface area contributed by atoms with Crippen LogP contribution in [0.3, 0.4) is 0 Å². The van der Waals surface area contributed by atoms with Gasteiger partial charge in [-0.2, -0.15) is 0 Å². The lowest BCUT2D eigenvalue weighted by Gasteiger charge is -2.32. The van der Waals surface area contributed by atoms with Crippen molar-refractivity contribution in [2.75, 3.05) is 47.4 Å². The zero-order chi connectivity index (χ0) is 28.9. The first kappa shape index (κ1) is 31.1. The molecule has 41 heavy (non-hydrogen) atoms. The van der Waals surface area contributed by atoms with E-state index in [4.69, 9.17) is 9.47 Å². The average molecular weight is 616 g/mol. The highest BCUT2D eigenvalue weighted by molar-refractivity contribution is 9.10. The Morgan fingerprint density at radius 1 is 0.683 bits per heavy atom. The summed E-state index contributed by atoms with van der Waals surface area (Å²) in [5, 5.41) is 0. The predicted octanol–water partition coefficient (Wildman–Crippen LogP) is 8.00. The molecular weight excluding hydrogens is 572 g/mol. The van der Waals surface area contributed by atoms with Crippen LogP contribution in [0.1, 0.15) is 47.3 Å². The molecule has 4 nitrogen and oxygen atoms in total. The molecule has 0 N–H and O–H groups in total. The Bertz CT molecular complexity index is 1210. The molecule has 1 heterocycles. The van der Waals surface area contributed by atoms with Gasteiger partial charge >= 0.3 is 0 Å². The van der Waals surface area contributed by atoms with Gasteiger partial charge in [-0.05, 0) is 68.4 Å². The van der Waals surface area contributed by atoms with Crippen LogP contribution in [-0.4, -0.2) is 63.3 Å². The van der Waals surface area contributed by atoms with Crippen LogP contribution in [0.2, 0.25) is 0 Å². The molecule has 0 saturated carbocycles. The standard InChI is InChI=1S/C19H23NO.C17H20BrNO/c1-20-14-12-18(13-15-20)21-19(16-8-4-2-5-9-16)17-10-6-3-7-11-17;1-19(2)12-13-20-17(14-6-4-3-5-7-14)15-8-10-16(18)11-9-15/h2-11,18-19H,12-15H2,1H3;3-11,17H,12-13H2,1-2H3. The van der Waals surface area contributed by atoms with Crippen molar-refractivity contribution in [3.8, 4) is 0 Å². The Hall–Kier alpha value is -2.80. The Morgan fingerprint density at radius 2 is 1.12 bits per heavy atom. The van der Waals surface area contributed by atoms with E-state index < -0.39 is 0 Å². The first-order valence-corrected chi connectivity index (χ1v) is 15.3. The third-order valence-electron chi connectivity index (χ3n) is 7.30. The third kappa shape index (κ3) is 10.2. The molecule has 1 aliphatic rings. The van der Waals surface area contributed by atoms with E-state index in [2.05, 4.69) is 156 Å². The molecule has 0 radical (unpaired) electrons. The Morgan fingerprint density at radius 3 is 1.59 bits per heavy atom. The molecule has 5 rings (SSSR count). The van der Waals surface area contributed by atoms with E-state index >= 15 is 0 Å². The maximum Gasteiger partial charge on any atom is 0.108 e. The fraction of sp³-hybridized carbons (Fsp3) is 0.333. The lowest BCUT2D eigenvalue weighted by molar-refractivity contribution is -0.0234. The topological polar surface area (TPSA) is 24.9 Å². The van der Waals surface area contributed by atoms with Crippen LogP contribution in [-0.2, 0) is 9.47 Å². The van der Waals surface area contributed by atoms with Crippen molar-refractivity contribution >= 4 is 15.9 Å². The minimum absolute atomic E-state index is 0.00995. The highest BCUT2D eigenvalue weighted by atomic mass is 79.9. The van der Waals surface area contributed by atoms with Gasteiger partial charge in [0.15, 0.2) is 0 Å². The summed E-state index contributed by atoms with van der Waals surface area (Å²) in [6, 6.07) is 39.8. The van der Waals surface area contributed by atoms with Crippen LogP contribution in [0.15, 0.2) is 120 Å². The fourth-order valence-electron chi connectivity index (χ4n) is 4.92. The molecule has 0 amide bonds. The van der Waals surface area contributed by atoms with E-state index in [1.807, 2.05) is 6.07 Å². The molecule has 4 aromatic carbocycles. The smallest absolute Gasteiger partial charge is 0.108 e. The van der Waals surface area contributed by atoms with Crippen molar-refractivity contribution in [3.63, 3.8) is 0 Å². The van der Waals surface area contributed by atoms with Gasteiger partial charge in [0.25, 0.3) is 0 Å². The number of halogens is 1. The summed E-state index contributed by atoms with van der Waals surface area (Å²) in [4.78, 5) is 4.50. The van der Waals surface area contributed by atoms with Crippen LogP contribution in [0.4, 0.5) is 0 Å². The molecule has 4 aromatic rings. The van der Waals surface area contributed by atoms with Gasteiger partial charge in [0.2, 0.25) is 0 Å². The minimum Gasteiger partial charge on any atom is -0.367 e. The lowest BCUT2D eigenvalue weighted by Crippen LogP contribution is -2.35. The number of nitrogens with zero attached hydrogens (tertiary/aromatic N) is 2. The van der Waals surface area contributed by atoms with Crippen molar-refractivity contribution in [1.82, 2.24) is 9.80 Å². The Labute approximate surface area is 255 Å². The molecule has 0 spiro atoms. The molecule has 1 unspecified atom stereocenters. The largest absolute Gasteiger partial charge is 0.367 e. The molecule has 1 aliphatic heterocycles. The van der Waals surface area contributed by atoms with E-state index in [0.717, 1.165) is 36.9 Å². The molecule has 216 valence electrons. The van der Waals surface area contributed by atoms with Gasteiger partial charge < -0.3 is 19.3 Å². The van der Waals surface area contributed by atoms with Crippen LogP contribution in [0, 0.1) is 0 Å². The van der Waals surface area contributed by atoms with Gasteiger partial charge in [-0.15, -0.1) is 0 Å². The normalized spacial score (nSPS) is 15.0. The van der Waals surface area contributed by atoms with Crippen molar-refractivity contribution < 1.29 is 9.47 Å². The number of likely N-dealkylation sites (tertiary alicyclic amines) is 1. The van der Waals surface area contributed by atoms with E-state index in [1.54, 1.807) is 0 Å². The summed E-state index contributed by atoms with van der Waals surface area (Å²) in [5.74, 6) is 0. The van der Waals surface area contributed by atoms with Gasteiger partial charge in [0.1, 0.15) is 12.2 Å². The maximum atomic E-state index is 6.49. The first-order chi connectivity index (χ1) is 20.0. The van der Waals surface area contributed by atoms with Crippen molar-refractivity contribution in [2.45, 2.75) is 31.2 Å². The van der Waals surface area contributed by atoms with E-state index in [1.165, 1.54) is 22.3 Å². The van der Waals surface area contributed by atoms with Crippen LogP contribution in [0.5, 0.6) is 0 Å². The number of hydrogen-bond acceptors (Lipinski definition) is 4. The van der Waals surface area contributed by atoms with Crippen molar-refractivity contribution in [2.24, 2.45) is 0 Å². The van der Waals surface area contributed by atoms with E-state index in [-0.39, 0.29) is 12.2 Å². The molecule has 5 heteroatoms. The molecular formula is C36H43BrN2O2. The number of benzene rings is 4. The number of rotatable bonds is 10. The Balaban J connectivity index is 0.000000189. The van der Waals surface area contributed by atoms with Crippen LogP contribution >= 0.6 is 15.9 Å². The molecule has 1 fully saturated rings. The third-order valence-corrected chi connectivity index (χ3v) is 7.83. The van der Waals surface area contributed by atoms with E-state index in [9.17, 15) is 0 Å². The maximum absolute atomic E-state index is 6.49. The second-order valence-electron chi connectivity index (χ2n) is 10.9. The summed E-state index contributed by atoms with van der Waals surface area (Å²) < 4.78 is 13.7. The zero-order valence-electron chi connectivity index (χ0n) is 24.5. The lowest BCUT2D eigenvalue weighted by atomic mass is 10.00. The van der Waals surface area contributed by atoms with Gasteiger partial charge in [-0.1, -0.05) is 119 Å². The molecule has 0 bridgehead atoms. The SMILES string of the molecule is CN(C)CCOC(c1ccccc1)c1ccc(Br)cc1.CN1CCC(OC(c2ccccc2)c2ccccc2)CC1. The quantitative estimate of drug-likeness (QED) is 0.181. The first-order valence-electron chi connectivity index (χ1n) is 14.5. The second kappa shape index (κ2) is 16.6. The van der Waals surface area contributed by atoms with Gasteiger partial charge in [-0.25, -0.2) is 0 Å².